The highest BCUT2D eigenvalue weighted by atomic mass is 16.1. The van der Waals surface area contributed by atoms with Gasteiger partial charge in [-0.3, -0.25) is 0 Å². The monoisotopic (exact) mass is 209 g/mol. The molecule has 2 nitrogen and oxygen atoms in total. The Labute approximate surface area is 93.0 Å². The second kappa shape index (κ2) is 5.64. The summed E-state index contributed by atoms with van der Waals surface area (Å²) in [6.45, 7) is 2.32. The van der Waals surface area contributed by atoms with E-state index in [2.05, 4.69) is 4.90 Å². The molecule has 0 aromatic heterocycles. The van der Waals surface area contributed by atoms with Gasteiger partial charge >= 0.3 is 0 Å². The molecule has 0 spiro atoms. The fourth-order valence-electron chi connectivity index (χ4n) is 3.04. The Morgan fingerprint density at radius 2 is 1.47 bits per heavy atom. The van der Waals surface area contributed by atoms with Gasteiger partial charge in [0.2, 0.25) is 0 Å². The Kier molecular flexibility index (Phi) is 4.18. The highest BCUT2D eigenvalue weighted by molar-refractivity contribution is 5.53. The summed E-state index contributed by atoms with van der Waals surface area (Å²) < 4.78 is 0. The number of piperidine rings is 1. The van der Waals surface area contributed by atoms with E-state index in [0.29, 0.717) is 5.92 Å². The van der Waals surface area contributed by atoms with Gasteiger partial charge in [0.25, 0.3) is 0 Å². The maximum absolute atomic E-state index is 10.7. The number of hydrogen-bond acceptors (Lipinski definition) is 2. The van der Waals surface area contributed by atoms with Gasteiger partial charge in [-0.1, -0.05) is 25.7 Å². The second-order valence-electron chi connectivity index (χ2n) is 5.15. The summed E-state index contributed by atoms with van der Waals surface area (Å²) in [5, 5.41) is 0. The van der Waals surface area contributed by atoms with Crippen LogP contribution in [0.2, 0.25) is 0 Å². The van der Waals surface area contributed by atoms with Crippen molar-refractivity contribution in [2.45, 2.75) is 57.4 Å². The van der Waals surface area contributed by atoms with Crippen LogP contribution in [0.25, 0.3) is 0 Å². The summed E-state index contributed by atoms with van der Waals surface area (Å²) in [4.78, 5) is 13.3. The molecule has 0 aromatic carbocycles. The van der Waals surface area contributed by atoms with Crippen molar-refractivity contribution >= 4 is 6.29 Å². The second-order valence-corrected chi connectivity index (χ2v) is 5.15. The van der Waals surface area contributed by atoms with Gasteiger partial charge in [-0.2, -0.15) is 0 Å². The molecule has 0 bridgehead atoms. The first kappa shape index (κ1) is 11.1. The minimum Gasteiger partial charge on any atom is -0.303 e. The molecular weight excluding hydrogens is 186 g/mol. The van der Waals surface area contributed by atoms with Crippen molar-refractivity contribution in [3.8, 4) is 0 Å². The van der Waals surface area contributed by atoms with Crippen LogP contribution in [0.15, 0.2) is 0 Å². The fraction of sp³-hybridized carbons (Fsp3) is 0.923. The molecule has 2 heteroatoms. The molecule has 0 aromatic rings. The van der Waals surface area contributed by atoms with E-state index < -0.39 is 0 Å². The Bertz CT molecular complexity index is 189. The third kappa shape index (κ3) is 3.04. The molecule has 1 aliphatic carbocycles. The summed E-state index contributed by atoms with van der Waals surface area (Å²) >= 11 is 0. The SMILES string of the molecule is O=CC1CCN(C2CCCCCC2)CC1. The van der Waals surface area contributed by atoms with Crippen LogP contribution in [-0.4, -0.2) is 30.3 Å². The van der Waals surface area contributed by atoms with Crippen LogP contribution in [0.1, 0.15) is 51.4 Å². The Balaban J connectivity index is 1.80. The zero-order chi connectivity index (χ0) is 10.5. The standard InChI is InChI=1S/C13H23NO/c15-11-12-7-9-14(10-8-12)13-5-3-1-2-4-6-13/h11-13H,1-10H2. The normalized spacial score (nSPS) is 27.5. The minimum atomic E-state index is 0.354. The van der Waals surface area contributed by atoms with Crippen molar-refractivity contribution in [2.24, 2.45) is 5.92 Å². The lowest BCUT2D eigenvalue weighted by molar-refractivity contribution is -0.112. The predicted molar refractivity (Wildman–Crippen MR) is 61.9 cm³/mol. The summed E-state index contributed by atoms with van der Waals surface area (Å²) in [5.74, 6) is 0.354. The highest BCUT2D eigenvalue weighted by Gasteiger charge is 2.24. The van der Waals surface area contributed by atoms with Crippen LogP contribution in [0.4, 0.5) is 0 Å². The average molecular weight is 209 g/mol. The molecule has 2 aliphatic rings. The fourth-order valence-corrected chi connectivity index (χ4v) is 3.04. The van der Waals surface area contributed by atoms with Crippen LogP contribution >= 0.6 is 0 Å². The molecule has 1 aliphatic heterocycles. The minimum absolute atomic E-state index is 0.354. The lowest BCUT2D eigenvalue weighted by atomic mass is 9.95. The van der Waals surface area contributed by atoms with Crippen molar-refractivity contribution in [3.05, 3.63) is 0 Å². The molecule has 0 amide bonds. The molecule has 15 heavy (non-hydrogen) atoms. The van der Waals surface area contributed by atoms with Gasteiger partial charge in [0, 0.05) is 12.0 Å². The van der Waals surface area contributed by atoms with E-state index in [-0.39, 0.29) is 0 Å². The van der Waals surface area contributed by atoms with Crippen LogP contribution in [0, 0.1) is 5.92 Å². The molecule has 2 fully saturated rings. The summed E-state index contributed by atoms with van der Waals surface area (Å²) in [7, 11) is 0. The third-order valence-electron chi connectivity index (χ3n) is 4.11. The van der Waals surface area contributed by atoms with E-state index in [1.54, 1.807) is 0 Å². The van der Waals surface area contributed by atoms with E-state index in [0.717, 1.165) is 38.3 Å². The lowest BCUT2D eigenvalue weighted by Crippen LogP contribution is -2.41. The number of aldehydes is 1. The van der Waals surface area contributed by atoms with E-state index >= 15 is 0 Å². The lowest BCUT2D eigenvalue weighted by Gasteiger charge is -2.36. The van der Waals surface area contributed by atoms with Crippen molar-refractivity contribution in [2.75, 3.05) is 13.1 Å². The zero-order valence-electron chi connectivity index (χ0n) is 9.66. The number of hydrogen-bond donors (Lipinski definition) is 0. The van der Waals surface area contributed by atoms with Gasteiger partial charge in [-0.25, -0.2) is 0 Å². The molecule has 0 N–H and O–H groups in total. The van der Waals surface area contributed by atoms with Crippen LogP contribution in [-0.2, 0) is 4.79 Å². The Hall–Kier alpha value is -0.370. The van der Waals surface area contributed by atoms with Gasteiger partial charge in [0.05, 0.1) is 0 Å². The Morgan fingerprint density at radius 3 is 2.00 bits per heavy atom. The van der Waals surface area contributed by atoms with E-state index in [1.807, 2.05) is 0 Å². The molecule has 2 rings (SSSR count). The zero-order valence-corrected chi connectivity index (χ0v) is 9.66. The summed E-state index contributed by atoms with van der Waals surface area (Å²) in [6, 6.07) is 0.833. The summed E-state index contributed by atoms with van der Waals surface area (Å²) in [6.07, 6.45) is 11.8. The first-order valence-corrected chi connectivity index (χ1v) is 6.59. The first-order valence-electron chi connectivity index (χ1n) is 6.59. The van der Waals surface area contributed by atoms with Crippen LogP contribution < -0.4 is 0 Å². The molecule has 86 valence electrons. The first-order chi connectivity index (χ1) is 7.40. The quantitative estimate of drug-likeness (QED) is 0.514. The van der Waals surface area contributed by atoms with E-state index in [1.165, 1.54) is 38.5 Å². The van der Waals surface area contributed by atoms with Gasteiger partial charge in [0.1, 0.15) is 6.29 Å². The van der Waals surface area contributed by atoms with Crippen LogP contribution in [0.5, 0.6) is 0 Å². The molecule has 1 heterocycles. The summed E-state index contributed by atoms with van der Waals surface area (Å²) in [5.41, 5.74) is 0. The smallest absolute Gasteiger partial charge is 0.123 e. The molecule has 1 saturated heterocycles. The predicted octanol–water partition coefficient (Wildman–Crippen LogP) is 2.62. The van der Waals surface area contributed by atoms with Gasteiger partial charge in [-0.15, -0.1) is 0 Å². The Morgan fingerprint density at radius 1 is 0.867 bits per heavy atom. The van der Waals surface area contributed by atoms with Crippen molar-refractivity contribution in [3.63, 3.8) is 0 Å². The third-order valence-corrected chi connectivity index (χ3v) is 4.11. The van der Waals surface area contributed by atoms with E-state index in [4.69, 9.17) is 0 Å². The number of carbonyl (C=O) groups is 1. The average Bonchev–Trinajstić information content (AvgIpc) is 2.58. The molecular formula is C13H23NO. The number of nitrogens with zero attached hydrogens (tertiary/aromatic N) is 1. The van der Waals surface area contributed by atoms with Crippen LogP contribution in [0.3, 0.4) is 0 Å². The van der Waals surface area contributed by atoms with E-state index in [9.17, 15) is 4.79 Å². The number of likely N-dealkylation sites (tertiary alicyclic amines) is 1. The van der Waals surface area contributed by atoms with Gasteiger partial charge in [0.15, 0.2) is 0 Å². The number of rotatable bonds is 2. The maximum atomic E-state index is 10.7. The molecule has 0 atom stereocenters. The molecule has 0 unspecified atom stereocenters. The van der Waals surface area contributed by atoms with Crippen molar-refractivity contribution in [1.82, 2.24) is 4.90 Å². The van der Waals surface area contributed by atoms with Gasteiger partial charge < -0.3 is 9.69 Å². The largest absolute Gasteiger partial charge is 0.303 e. The maximum Gasteiger partial charge on any atom is 0.123 e. The van der Waals surface area contributed by atoms with Crippen molar-refractivity contribution in [1.29, 1.82) is 0 Å². The topological polar surface area (TPSA) is 20.3 Å². The van der Waals surface area contributed by atoms with Crippen molar-refractivity contribution < 1.29 is 4.79 Å². The molecule has 0 radical (unpaired) electrons. The number of carbonyl (C=O) groups excluding carboxylic acids is 1. The molecule has 1 saturated carbocycles. The highest BCUT2D eigenvalue weighted by Crippen LogP contribution is 2.25. The van der Waals surface area contributed by atoms with Gasteiger partial charge in [-0.05, 0) is 38.8 Å².